The third-order valence-corrected chi connectivity index (χ3v) is 5.48. The number of nitrogens with zero attached hydrogens (tertiary/aromatic N) is 2. The monoisotopic (exact) mass is 405 g/mol. The maximum Gasteiger partial charge on any atom is 0.251 e. The molecule has 0 bridgehead atoms. The van der Waals surface area contributed by atoms with E-state index in [1.807, 2.05) is 65.5 Å². The van der Waals surface area contributed by atoms with E-state index in [4.69, 9.17) is 9.47 Å². The summed E-state index contributed by atoms with van der Waals surface area (Å²) in [5.41, 5.74) is 2.84. The lowest BCUT2D eigenvalue weighted by atomic mass is 10.0. The van der Waals surface area contributed by atoms with Crippen molar-refractivity contribution in [2.45, 2.75) is 6.04 Å². The van der Waals surface area contributed by atoms with E-state index in [9.17, 15) is 4.79 Å². The van der Waals surface area contributed by atoms with Crippen LogP contribution in [0.1, 0.15) is 22.0 Å². The Bertz CT molecular complexity index is 931. The van der Waals surface area contributed by atoms with Crippen LogP contribution in [0.3, 0.4) is 0 Å². The van der Waals surface area contributed by atoms with E-state index in [0.717, 1.165) is 30.1 Å². The average Bonchev–Trinajstić information content (AvgIpc) is 3.35. The van der Waals surface area contributed by atoms with Crippen LogP contribution >= 0.6 is 0 Å². The first-order valence-corrected chi connectivity index (χ1v) is 10.2. The molecular weight excluding hydrogens is 378 g/mol. The third-order valence-electron chi connectivity index (χ3n) is 5.48. The summed E-state index contributed by atoms with van der Waals surface area (Å²) in [7, 11) is 1.66. The molecule has 1 atom stereocenters. The number of rotatable bonds is 7. The van der Waals surface area contributed by atoms with Gasteiger partial charge in [-0.25, -0.2) is 0 Å². The van der Waals surface area contributed by atoms with Gasteiger partial charge >= 0.3 is 0 Å². The second-order valence-electron chi connectivity index (χ2n) is 7.28. The highest BCUT2D eigenvalue weighted by Crippen LogP contribution is 2.24. The summed E-state index contributed by atoms with van der Waals surface area (Å²) >= 11 is 0. The number of hydrogen-bond acceptors (Lipinski definition) is 4. The predicted octanol–water partition coefficient (Wildman–Crippen LogP) is 3.29. The van der Waals surface area contributed by atoms with Crippen LogP contribution in [0.4, 0.5) is 0 Å². The summed E-state index contributed by atoms with van der Waals surface area (Å²) in [5.74, 6) is 0.757. The van der Waals surface area contributed by atoms with Crippen molar-refractivity contribution in [1.29, 1.82) is 0 Å². The van der Waals surface area contributed by atoms with Crippen molar-refractivity contribution in [3.8, 4) is 11.4 Å². The summed E-state index contributed by atoms with van der Waals surface area (Å²) in [6.07, 6.45) is 3.97. The van der Waals surface area contributed by atoms with Gasteiger partial charge in [0.15, 0.2) is 0 Å². The zero-order valence-electron chi connectivity index (χ0n) is 17.2. The molecule has 6 heteroatoms. The van der Waals surface area contributed by atoms with E-state index in [0.29, 0.717) is 25.3 Å². The fourth-order valence-electron chi connectivity index (χ4n) is 3.76. The Labute approximate surface area is 177 Å². The number of benzene rings is 2. The minimum atomic E-state index is -0.0687. The van der Waals surface area contributed by atoms with Crippen LogP contribution in [0, 0.1) is 0 Å². The van der Waals surface area contributed by atoms with Crippen LogP contribution in [0.5, 0.6) is 5.75 Å². The molecular formula is C24H27N3O3. The van der Waals surface area contributed by atoms with Crippen LogP contribution in [0.15, 0.2) is 73.1 Å². The van der Waals surface area contributed by atoms with E-state index in [1.165, 1.54) is 0 Å². The summed E-state index contributed by atoms with van der Waals surface area (Å²) < 4.78 is 12.8. The maximum absolute atomic E-state index is 12.8. The molecule has 4 rings (SSSR count). The van der Waals surface area contributed by atoms with Crippen LogP contribution in [-0.4, -0.2) is 55.3 Å². The first-order chi connectivity index (χ1) is 14.7. The first kappa shape index (κ1) is 20.2. The molecule has 0 aliphatic carbocycles. The predicted molar refractivity (Wildman–Crippen MR) is 116 cm³/mol. The molecule has 1 N–H and O–H groups in total. The van der Waals surface area contributed by atoms with E-state index in [2.05, 4.69) is 22.3 Å². The van der Waals surface area contributed by atoms with Crippen LogP contribution in [0.25, 0.3) is 5.69 Å². The number of nitrogens with one attached hydrogen (secondary N) is 1. The number of methoxy groups -OCH3 is 1. The van der Waals surface area contributed by atoms with Crippen molar-refractivity contribution in [2.24, 2.45) is 0 Å². The second kappa shape index (κ2) is 9.61. The number of amides is 1. The molecule has 2 aromatic carbocycles. The summed E-state index contributed by atoms with van der Waals surface area (Å²) in [6.45, 7) is 3.64. The minimum Gasteiger partial charge on any atom is -0.497 e. The SMILES string of the molecule is COc1ccc([C@@H](CNC(=O)c2ccc(-n3cccc3)cc2)N2CCOCC2)cc1. The number of ether oxygens (including phenoxy) is 2. The number of hydrogen-bond donors (Lipinski definition) is 1. The normalized spacial score (nSPS) is 15.5. The van der Waals surface area contributed by atoms with Crippen molar-refractivity contribution in [2.75, 3.05) is 40.0 Å². The van der Waals surface area contributed by atoms with E-state index < -0.39 is 0 Å². The Hall–Kier alpha value is -3.09. The van der Waals surface area contributed by atoms with Crippen molar-refractivity contribution >= 4 is 5.91 Å². The lowest BCUT2D eigenvalue weighted by molar-refractivity contribution is 0.0162. The molecule has 3 aromatic rings. The van der Waals surface area contributed by atoms with E-state index >= 15 is 0 Å². The Morgan fingerprint density at radius 3 is 2.33 bits per heavy atom. The van der Waals surface area contributed by atoms with Gasteiger partial charge in [-0.3, -0.25) is 9.69 Å². The molecule has 156 valence electrons. The van der Waals surface area contributed by atoms with Gasteiger partial charge in [0, 0.05) is 43.3 Å². The van der Waals surface area contributed by atoms with Gasteiger partial charge in [-0.05, 0) is 54.1 Å². The van der Waals surface area contributed by atoms with Crippen molar-refractivity contribution in [3.05, 3.63) is 84.2 Å². The van der Waals surface area contributed by atoms with E-state index in [-0.39, 0.29) is 11.9 Å². The van der Waals surface area contributed by atoms with Crippen molar-refractivity contribution in [1.82, 2.24) is 14.8 Å². The topological polar surface area (TPSA) is 55.7 Å². The Balaban J connectivity index is 1.45. The summed E-state index contributed by atoms with van der Waals surface area (Å²) in [4.78, 5) is 15.1. The molecule has 2 heterocycles. The van der Waals surface area contributed by atoms with E-state index in [1.54, 1.807) is 7.11 Å². The first-order valence-electron chi connectivity index (χ1n) is 10.2. The van der Waals surface area contributed by atoms with Gasteiger partial charge in [-0.15, -0.1) is 0 Å². The Morgan fingerprint density at radius 2 is 1.70 bits per heavy atom. The molecule has 0 unspecified atom stereocenters. The highest BCUT2D eigenvalue weighted by molar-refractivity contribution is 5.94. The van der Waals surface area contributed by atoms with Gasteiger partial charge < -0.3 is 19.4 Å². The van der Waals surface area contributed by atoms with Crippen molar-refractivity contribution < 1.29 is 14.3 Å². The summed E-state index contributed by atoms with van der Waals surface area (Å²) in [5, 5.41) is 3.12. The second-order valence-corrected chi connectivity index (χ2v) is 7.28. The maximum atomic E-state index is 12.8. The van der Waals surface area contributed by atoms with Crippen LogP contribution in [-0.2, 0) is 4.74 Å². The molecule has 1 amide bonds. The van der Waals surface area contributed by atoms with Gasteiger partial charge in [-0.1, -0.05) is 12.1 Å². The molecule has 1 fully saturated rings. The molecule has 30 heavy (non-hydrogen) atoms. The number of morpholine rings is 1. The minimum absolute atomic E-state index is 0.0687. The zero-order chi connectivity index (χ0) is 20.8. The fraction of sp³-hybridized carbons (Fsp3) is 0.292. The third kappa shape index (κ3) is 4.72. The summed E-state index contributed by atoms with van der Waals surface area (Å²) in [6, 6.07) is 19.7. The lowest BCUT2D eigenvalue weighted by Crippen LogP contribution is -2.43. The van der Waals surface area contributed by atoms with Gasteiger partial charge in [0.2, 0.25) is 0 Å². The number of carbonyl (C=O) groups is 1. The molecule has 6 nitrogen and oxygen atoms in total. The molecule has 1 aliphatic heterocycles. The van der Waals surface area contributed by atoms with Crippen LogP contribution < -0.4 is 10.1 Å². The van der Waals surface area contributed by atoms with Gasteiger partial charge in [0.05, 0.1) is 26.4 Å². The van der Waals surface area contributed by atoms with Gasteiger partial charge in [0.25, 0.3) is 5.91 Å². The molecule has 1 aliphatic rings. The number of aromatic nitrogens is 1. The van der Waals surface area contributed by atoms with Crippen molar-refractivity contribution in [3.63, 3.8) is 0 Å². The molecule has 0 saturated carbocycles. The molecule has 1 saturated heterocycles. The average molecular weight is 405 g/mol. The molecule has 0 radical (unpaired) electrons. The Morgan fingerprint density at radius 1 is 1.03 bits per heavy atom. The molecule has 0 spiro atoms. The van der Waals surface area contributed by atoms with Gasteiger partial charge in [-0.2, -0.15) is 0 Å². The highest BCUT2D eigenvalue weighted by Gasteiger charge is 2.23. The number of carbonyl (C=O) groups excluding carboxylic acids is 1. The highest BCUT2D eigenvalue weighted by atomic mass is 16.5. The smallest absolute Gasteiger partial charge is 0.251 e. The quantitative estimate of drug-likeness (QED) is 0.655. The lowest BCUT2D eigenvalue weighted by Gasteiger charge is -2.35. The zero-order valence-corrected chi connectivity index (χ0v) is 17.2. The van der Waals surface area contributed by atoms with Crippen LogP contribution in [0.2, 0.25) is 0 Å². The Kier molecular flexibility index (Phi) is 6.47. The standard InChI is InChI=1S/C24H27N3O3/c1-29-22-10-6-19(7-11-22)23(27-14-16-30-17-15-27)18-25-24(28)20-4-8-21(9-5-20)26-12-2-3-13-26/h2-13,23H,14-18H2,1H3,(H,25,28)/t23-/m1/s1. The largest absolute Gasteiger partial charge is 0.497 e. The molecule has 1 aromatic heterocycles. The van der Waals surface area contributed by atoms with Gasteiger partial charge in [0.1, 0.15) is 5.75 Å². The fourth-order valence-corrected chi connectivity index (χ4v) is 3.76.